The molecule has 0 aliphatic heterocycles. The van der Waals surface area contributed by atoms with Crippen molar-refractivity contribution in [1.82, 2.24) is 0 Å². The first-order valence-electron chi connectivity index (χ1n) is 6.00. The van der Waals surface area contributed by atoms with Crippen LogP contribution in [0.1, 0.15) is 15.9 Å². The summed E-state index contributed by atoms with van der Waals surface area (Å²) in [5.74, 6) is -0.637. The number of rotatable bonds is 4. The van der Waals surface area contributed by atoms with Crippen LogP contribution >= 0.6 is 11.6 Å². The second-order valence-corrected chi connectivity index (χ2v) is 4.87. The zero-order valence-corrected chi connectivity index (χ0v) is 11.8. The van der Waals surface area contributed by atoms with Crippen LogP contribution in [0.2, 0.25) is 5.02 Å². The van der Waals surface area contributed by atoms with Crippen molar-refractivity contribution < 1.29 is 9.72 Å². The molecule has 0 fully saturated rings. The monoisotopic (exact) mass is 305 g/mol. The Balaban J connectivity index is 2.41. The molecule has 0 unspecified atom stereocenters. The SMILES string of the molecule is Cc1ccc(Nc2ccc(Cl)cc2C(N)=O)cc1[N+](=O)[O-]. The molecule has 0 aromatic heterocycles. The minimum absolute atomic E-state index is 0.00501. The fourth-order valence-electron chi connectivity index (χ4n) is 1.87. The zero-order chi connectivity index (χ0) is 15.6. The standard InChI is InChI=1S/C14H12ClN3O3/c1-8-2-4-10(7-13(8)18(20)21)17-12-5-3-9(15)6-11(12)14(16)19/h2-7,17H,1H3,(H2,16,19). The Morgan fingerprint density at radius 2 is 2.00 bits per heavy atom. The molecule has 0 saturated heterocycles. The maximum atomic E-state index is 11.4. The predicted molar refractivity (Wildman–Crippen MR) is 81.1 cm³/mol. The van der Waals surface area contributed by atoms with Gasteiger partial charge in [-0.25, -0.2) is 0 Å². The van der Waals surface area contributed by atoms with E-state index in [1.165, 1.54) is 12.1 Å². The third kappa shape index (κ3) is 3.29. The van der Waals surface area contributed by atoms with E-state index in [4.69, 9.17) is 17.3 Å². The molecule has 0 aliphatic rings. The van der Waals surface area contributed by atoms with Crippen LogP contribution in [0.4, 0.5) is 17.1 Å². The summed E-state index contributed by atoms with van der Waals surface area (Å²) in [7, 11) is 0. The fourth-order valence-corrected chi connectivity index (χ4v) is 2.04. The minimum atomic E-state index is -0.637. The fraction of sp³-hybridized carbons (Fsp3) is 0.0714. The quantitative estimate of drug-likeness (QED) is 0.668. The summed E-state index contributed by atoms with van der Waals surface area (Å²) in [6.45, 7) is 1.65. The van der Waals surface area contributed by atoms with Gasteiger partial charge in [0, 0.05) is 22.3 Å². The molecule has 3 N–H and O–H groups in total. The van der Waals surface area contributed by atoms with Crippen molar-refractivity contribution in [1.29, 1.82) is 0 Å². The zero-order valence-electron chi connectivity index (χ0n) is 11.1. The summed E-state index contributed by atoms with van der Waals surface area (Å²) < 4.78 is 0. The number of benzene rings is 2. The summed E-state index contributed by atoms with van der Waals surface area (Å²) >= 11 is 5.83. The van der Waals surface area contributed by atoms with E-state index in [-0.39, 0.29) is 11.3 Å². The van der Waals surface area contributed by atoms with Gasteiger partial charge in [-0.1, -0.05) is 17.7 Å². The normalized spacial score (nSPS) is 10.2. The Hall–Kier alpha value is -2.60. The number of nitro groups is 1. The van der Waals surface area contributed by atoms with Gasteiger partial charge in [0.1, 0.15) is 0 Å². The summed E-state index contributed by atoms with van der Waals surface area (Å²) in [4.78, 5) is 21.9. The maximum absolute atomic E-state index is 11.4. The third-order valence-electron chi connectivity index (χ3n) is 2.93. The minimum Gasteiger partial charge on any atom is -0.366 e. The van der Waals surface area contributed by atoms with Crippen molar-refractivity contribution in [2.45, 2.75) is 6.92 Å². The number of halogens is 1. The number of nitrogens with two attached hydrogens (primary N) is 1. The highest BCUT2D eigenvalue weighted by Gasteiger charge is 2.13. The summed E-state index contributed by atoms with van der Waals surface area (Å²) in [5, 5.41) is 14.3. The molecule has 1 amide bonds. The van der Waals surface area contributed by atoms with Gasteiger partial charge < -0.3 is 11.1 Å². The van der Waals surface area contributed by atoms with Gasteiger partial charge in [0.15, 0.2) is 0 Å². The van der Waals surface area contributed by atoms with Crippen molar-refractivity contribution in [3.63, 3.8) is 0 Å². The molecule has 0 saturated carbocycles. The van der Waals surface area contributed by atoms with Crippen LogP contribution in [0.5, 0.6) is 0 Å². The lowest BCUT2D eigenvalue weighted by Gasteiger charge is -2.11. The Morgan fingerprint density at radius 1 is 1.29 bits per heavy atom. The molecule has 0 aliphatic carbocycles. The van der Waals surface area contributed by atoms with E-state index in [0.717, 1.165) is 0 Å². The van der Waals surface area contributed by atoms with Crippen LogP contribution < -0.4 is 11.1 Å². The first kappa shape index (κ1) is 14.8. The molecular weight excluding hydrogens is 294 g/mol. The average Bonchev–Trinajstić information content (AvgIpc) is 2.42. The molecule has 0 heterocycles. The summed E-state index contributed by atoms with van der Waals surface area (Å²) in [5.41, 5.74) is 6.97. The van der Waals surface area contributed by atoms with Crippen molar-refractivity contribution in [2.75, 3.05) is 5.32 Å². The highest BCUT2D eigenvalue weighted by Crippen LogP contribution is 2.27. The molecule has 2 rings (SSSR count). The van der Waals surface area contributed by atoms with Crippen molar-refractivity contribution >= 4 is 34.6 Å². The molecule has 0 bridgehead atoms. The van der Waals surface area contributed by atoms with E-state index in [0.29, 0.717) is 22.0 Å². The summed E-state index contributed by atoms with van der Waals surface area (Å²) in [6, 6.07) is 9.33. The lowest BCUT2D eigenvalue weighted by atomic mass is 10.1. The molecule has 0 radical (unpaired) electrons. The Bertz CT molecular complexity index is 731. The van der Waals surface area contributed by atoms with Crippen LogP contribution in [0.25, 0.3) is 0 Å². The molecule has 2 aromatic rings. The van der Waals surface area contributed by atoms with E-state index < -0.39 is 10.8 Å². The number of anilines is 2. The van der Waals surface area contributed by atoms with Crippen molar-refractivity contribution in [3.05, 3.63) is 62.7 Å². The van der Waals surface area contributed by atoms with Gasteiger partial charge in [0.2, 0.25) is 0 Å². The maximum Gasteiger partial charge on any atom is 0.274 e. The Morgan fingerprint density at radius 3 is 2.62 bits per heavy atom. The number of carbonyl (C=O) groups is 1. The third-order valence-corrected chi connectivity index (χ3v) is 3.17. The topological polar surface area (TPSA) is 98.3 Å². The van der Waals surface area contributed by atoms with Crippen molar-refractivity contribution in [2.24, 2.45) is 5.73 Å². The number of nitro benzene ring substituents is 1. The molecular formula is C14H12ClN3O3. The van der Waals surface area contributed by atoms with Gasteiger partial charge in [-0.15, -0.1) is 0 Å². The molecule has 0 spiro atoms. The first-order chi connectivity index (χ1) is 9.88. The van der Waals surface area contributed by atoms with E-state index in [9.17, 15) is 14.9 Å². The van der Waals surface area contributed by atoms with Gasteiger partial charge in [0.25, 0.3) is 11.6 Å². The second-order valence-electron chi connectivity index (χ2n) is 4.44. The van der Waals surface area contributed by atoms with Gasteiger partial charge in [-0.2, -0.15) is 0 Å². The lowest BCUT2D eigenvalue weighted by Crippen LogP contribution is -2.13. The van der Waals surface area contributed by atoms with Gasteiger partial charge in [-0.3, -0.25) is 14.9 Å². The van der Waals surface area contributed by atoms with E-state index in [2.05, 4.69) is 5.32 Å². The number of aryl methyl sites for hydroxylation is 1. The van der Waals surface area contributed by atoms with Gasteiger partial charge in [0.05, 0.1) is 16.2 Å². The number of hydrogen-bond acceptors (Lipinski definition) is 4. The predicted octanol–water partition coefficient (Wildman–Crippen LogP) is 3.40. The van der Waals surface area contributed by atoms with Crippen LogP contribution in [0.3, 0.4) is 0 Å². The smallest absolute Gasteiger partial charge is 0.274 e. The molecule has 2 aromatic carbocycles. The number of nitrogens with one attached hydrogen (secondary N) is 1. The molecule has 7 heteroatoms. The molecule has 6 nitrogen and oxygen atoms in total. The largest absolute Gasteiger partial charge is 0.366 e. The van der Waals surface area contributed by atoms with E-state index >= 15 is 0 Å². The molecule has 21 heavy (non-hydrogen) atoms. The number of nitrogens with zero attached hydrogens (tertiary/aromatic N) is 1. The average molecular weight is 306 g/mol. The van der Waals surface area contributed by atoms with Gasteiger partial charge in [-0.05, 0) is 31.2 Å². The van der Waals surface area contributed by atoms with Crippen LogP contribution in [-0.4, -0.2) is 10.8 Å². The first-order valence-corrected chi connectivity index (χ1v) is 6.37. The Labute approximate surface area is 125 Å². The number of carbonyl (C=O) groups excluding carboxylic acids is 1. The van der Waals surface area contributed by atoms with E-state index in [1.54, 1.807) is 31.2 Å². The van der Waals surface area contributed by atoms with Crippen LogP contribution in [0, 0.1) is 17.0 Å². The second kappa shape index (κ2) is 5.80. The highest BCUT2D eigenvalue weighted by molar-refractivity contribution is 6.31. The van der Waals surface area contributed by atoms with Crippen LogP contribution in [0.15, 0.2) is 36.4 Å². The van der Waals surface area contributed by atoms with E-state index in [1.807, 2.05) is 0 Å². The molecule has 108 valence electrons. The highest BCUT2D eigenvalue weighted by atomic mass is 35.5. The van der Waals surface area contributed by atoms with Crippen molar-refractivity contribution in [3.8, 4) is 0 Å². The lowest BCUT2D eigenvalue weighted by molar-refractivity contribution is -0.385. The van der Waals surface area contributed by atoms with Crippen LogP contribution in [-0.2, 0) is 0 Å². The molecule has 0 atom stereocenters. The number of primary amides is 1. The summed E-state index contributed by atoms with van der Waals surface area (Å²) in [6.07, 6.45) is 0. The number of hydrogen-bond donors (Lipinski definition) is 2. The van der Waals surface area contributed by atoms with Gasteiger partial charge >= 0.3 is 0 Å². The number of amides is 1. The Kier molecular flexibility index (Phi) is 4.09.